The van der Waals surface area contributed by atoms with E-state index < -0.39 is 13.9 Å². The molecule has 0 saturated carbocycles. The van der Waals surface area contributed by atoms with Gasteiger partial charge in [0.15, 0.2) is 0 Å². The van der Waals surface area contributed by atoms with Crippen LogP contribution in [0.1, 0.15) is 110 Å². The fourth-order valence-electron chi connectivity index (χ4n) is 4.50. The molecule has 8 heteroatoms. The molecule has 0 spiro atoms. The lowest BCUT2D eigenvalue weighted by atomic mass is 9.94. The molecule has 3 atom stereocenters. The van der Waals surface area contributed by atoms with Crippen molar-refractivity contribution in [2.45, 2.75) is 117 Å². The molecule has 0 amide bonds. The Morgan fingerprint density at radius 1 is 0.949 bits per heavy atom. The highest BCUT2D eigenvalue weighted by Gasteiger charge is 2.28. The molecule has 0 heterocycles. The van der Waals surface area contributed by atoms with Gasteiger partial charge >= 0.3 is 7.82 Å². The maximum atomic E-state index is 12.5. The summed E-state index contributed by atoms with van der Waals surface area (Å²) in [5.41, 5.74) is 1.14. The van der Waals surface area contributed by atoms with Crippen LogP contribution in [0.3, 0.4) is 0 Å². The zero-order chi connectivity index (χ0) is 28.9. The van der Waals surface area contributed by atoms with Crippen LogP contribution in [0, 0.1) is 5.92 Å². The topological polar surface area (TPSA) is 85.3 Å². The van der Waals surface area contributed by atoms with Crippen molar-refractivity contribution in [3.63, 3.8) is 0 Å². The summed E-state index contributed by atoms with van der Waals surface area (Å²) >= 11 is 0. The quantitative estimate of drug-likeness (QED) is 0.0943. The molecule has 1 N–H and O–H groups in total. The maximum absolute atomic E-state index is 12.5. The van der Waals surface area contributed by atoms with Crippen LogP contribution < -0.4 is 4.74 Å². The normalized spacial score (nSPS) is 14.7. The first-order valence-electron chi connectivity index (χ1n) is 15.2. The second-order valence-corrected chi connectivity index (χ2v) is 12.4. The zero-order valence-corrected chi connectivity index (χ0v) is 26.3. The van der Waals surface area contributed by atoms with E-state index in [1.807, 2.05) is 45.0 Å². The SMILES string of the molecule is CCCCCCCCCCCOc1ccc(CCC(COP(=O)(O)OC(CC)CN(C)C)CC(=O)CC)cc1. The third-order valence-electron chi connectivity index (χ3n) is 6.97. The average molecular weight is 570 g/mol. The van der Waals surface area contributed by atoms with Gasteiger partial charge in [-0.15, -0.1) is 0 Å². The Morgan fingerprint density at radius 2 is 1.56 bits per heavy atom. The minimum absolute atomic E-state index is 0.0118. The van der Waals surface area contributed by atoms with Crippen molar-refractivity contribution in [1.29, 1.82) is 0 Å². The first-order valence-corrected chi connectivity index (χ1v) is 16.7. The van der Waals surface area contributed by atoms with Crippen LogP contribution in [-0.2, 0) is 24.8 Å². The van der Waals surface area contributed by atoms with Crippen molar-refractivity contribution in [3.05, 3.63) is 29.8 Å². The highest BCUT2D eigenvalue weighted by atomic mass is 31.2. The number of phosphoric acid groups is 1. The number of rotatable bonds is 25. The Bertz CT molecular complexity index is 801. The van der Waals surface area contributed by atoms with Crippen LogP contribution in [-0.4, -0.2) is 55.5 Å². The first-order chi connectivity index (χ1) is 18.7. The van der Waals surface area contributed by atoms with E-state index in [1.165, 1.54) is 51.4 Å². The zero-order valence-electron chi connectivity index (χ0n) is 25.4. The van der Waals surface area contributed by atoms with E-state index in [-0.39, 0.29) is 18.3 Å². The summed E-state index contributed by atoms with van der Waals surface area (Å²) in [4.78, 5) is 24.3. The lowest BCUT2D eigenvalue weighted by Crippen LogP contribution is -2.27. The van der Waals surface area contributed by atoms with Crippen LogP contribution >= 0.6 is 7.82 Å². The fraction of sp³-hybridized carbons (Fsp3) is 0.774. The van der Waals surface area contributed by atoms with Gasteiger partial charge in [0.1, 0.15) is 11.5 Å². The predicted molar refractivity (Wildman–Crippen MR) is 160 cm³/mol. The Labute approximate surface area is 238 Å². The Kier molecular flexibility index (Phi) is 19.7. The predicted octanol–water partition coefficient (Wildman–Crippen LogP) is 7.99. The Hall–Kier alpha value is -1.24. The van der Waals surface area contributed by atoms with Gasteiger partial charge in [-0.1, -0.05) is 84.3 Å². The minimum atomic E-state index is -4.21. The van der Waals surface area contributed by atoms with E-state index in [0.29, 0.717) is 32.2 Å². The number of nitrogens with zero attached hydrogens (tertiary/aromatic N) is 1. The molecule has 1 rings (SSSR count). The van der Waals surface area contributed by atoms with Gasteiger partial charge in [0.05, 0.1) is 19.3 Å². The number of carbonyl (C=O) groups is 1. The number of phosphoric ester groups is 1. The van der Waals surface area contributed by atoms with Gasteiger partial charge in [0.2, 0.25) is 0 Å². The average Bonchev–Trinajstić information content (AvgIpc) is 2.91. The summed E-state index contributed by atoms with van der Waals surface area (Å²) in [6, 6.07) is 8.10. The largest absolute Gasteiger partial charge is 0.494 e. The van der Waals surface area contributed by atoms with Gasteiger partial charge < -0.3 is 14.5 Å². The van der Waals surface area contributed by atoms with Crippen molar-refractivity contribution >= 4 is 13.6 Å². The van der Waals surface area contributed by atoms with Crippen LogP contribution in [0.25, 0.3) is 0 Å². The van der Waals surface area contributed by atoms with Crippen molar-refractivity contribution in [3.8, 4) is 5.75 Å². The lowest BCUT2D eigenvalue weighted by molar-refractivity contribution is -0.120. The van der Waals surface area contributed by atoms with Gasteiger partial charge in [-0.2, -0.15) is 0 Å². The number of hydrogen-bond acceptors (Lipinski definition) is 6. The molecular weight excluding hydrogens is 513 g/mol. The fourth-order valence-corrected chi connectivity index (χ4v) is 5.55. The number of benzene rings is 1. The van der Waals surface area contributed by atoms with E-state index in [2.05, 4.69) is 19.1 Å². The molecule has 7 nitrogen and oxygen atoms in total. The lowest BCUT2D eigenvalue weighted by Gasteiger charge is -2.24. The molecule has 0 aliphatic carbocycles. The first kappa shape index (κ1) is 35.8. The van der Waals surface area contributed by atoms with E-state index in [4.69, 9.17) is 13.8 Å². The molecule has 0 saturated heterocycles. The summed E-state index contributed by atoms with van der Waals surface area (Å²) in [7, 11) is -0.436. The Morgan fingerprint density at radius 3 is 2.13 bits per heavy atom. The monoisotopic (exact) mass is 569 g/mol. The van der Waals surface area contributed by atoms with E-state index >= 15 is 0 Å². The molecule has 0 aromatic heterocycles. The Balaban J connectivity index is 2.43. The summed E-state index contributed by atoms with van der Waals surface area (Å²) in [6.45, 7) is 7.28. The van der Waals surface area contributed by atoms with Crippen LogP contribution in [0.4, 0.5) is 0 Å². The maximum Gasteiger partial charge on any atom is 0.472 e. The molecule has 0 aliphatic rings. The molecule has 226 valence electrons. The molecule has 39 heavy (non-hydrogen) atoms. The van der Waals surface area contributed by atoms with Crippen molar-refractivity contribution in [1.82, 2.24) is 4.90 Å². The van der Waals surface area contributed by atoms with E-state index in [0.717, 1.165) is 30.8 Å². The number of Topliss-reactive ketones (excluding diaryl/α,β-unsaturated/α-hetero) is 1. The number of unbranched alkanes of at least 4 members (excludes halogenated alkanes) is 8. The molecule has 0 aliphatic heterocycles. The third kappa shape index (κ3) is 18.7. The summed E-state index contributed by atoms with van der Waals surface area (Å²) in [5.74, 6) is 0.843. The number of hydrogen-bond donors (Lipinski definition) is 1. The third-order valence-corrected chi connectivity index (χ3v) is 8.01. The van der Waals surface area contributed by atoms with E-state index in [9.17, 15) is 14.3 Å². The standard InChI is InChI=1S/C31H56NO6P/c1-6-9-10-11-12-13-14-15-16-23-36-31-21-19-27(20-22-31)17-18-28(24-29(33)7-2)26-37-39(34,35)38-30(8-3)25-32(4)5/h19-22,28,30H,6-18,23-26H2,1-5H3,(H,34,35). The minimum Gasteiger partial charge on any atom is -0.494 e. The number of ether oxygens (including phenoxy) is 1. The molecule has 0 fully saturated rings. The summed E-state index contributed by atoms with van der Waals surface area (Å²) in [5, 5.41) is 0. The number of carbonyl (C=O) groups excluding carboxylic acids is 1. The molecule has 1 aromatic rings. The van der Waals surface area contributed by atoms with Crippen molar-refractivity contribution in [2.24, 2.45) is 5.92 Å². The van der Waals surface area contributed by atoms with Crippen LogP contribution in [0.5, 0.6) is 5.75 Å². The highest BCUT2D eigenvalue weighted by molar-refractivity contribution is 7.47. The van der Waals surface area contributed by atoms with E-state index in [1.54, 1.807) is 0 Å². The van der Waals surface area contributed by atoms with Gasteiger partial charge in [0.25, 0.3) is 0 Å². The van der Waals surface area contributed by atoms with Gasteiger partial charge in [0, 0.05) is 19.4 Å². The second-order valence-electron chi connectivity index (χ2n) is 11.0. The van der Waals surface area contributed by atoms with Crippen LogP contribution in [0.15, 0.2) is 24.3 Å². The number of likely N-dealkylation sites (N-methyl/N-ethyl adjacent to an activating group) is 1. The van der Waals surface area contributed by atoms with Crippen LogP contribution in [0.2, 0.25) is 0 Å². The van der Waals surface area contributed by atoms with Gasteiger partial charge in [-0.3, -0.25) is 13.8 Å². The highest BCUT2D eigenvalue weighted by Crippen LogP contribution is 2.45. The molecule has 1 aromatic carbocycles. The number of aryl methyl sites for hydroxylation is 1. The second kappa shape index (κ2) is 21.5. The molecule has 0 radical (unpaired) electrons. The summed E-state index contributed by atoms with van der Waals surface area (Å²) in [6.07, 6.45) is 14.1. The van der Waals surface area contributed by atoms with Crippen molar-refractivity contribution in [2.75, 3.05) is 33.9 Å². The molecule has 3 unspecified atom stereocenters. The molecule has 0 bridgehead atoms. The van der Waals surface area contributed by atoms with Crippen molar-refractivity contribution < 1.29 is 28.0 Å². The molecular formula is C31H56NO6P. The smallest absolute Gasteiger partial charge is 0.472 e. The van der Waals surface area contributed by atoms with Gasteiger partial charge in [-0.05, 0) is 63.4 Å². The summed E-state index contributed by atoms with van der Waals surface area (Å²) < 4.78 is 29.2. The number of ketones is 1. The van der Waals surface area contributed by atoms with Gasteiger partial charge in [-0.25, -0.2) is 4.57 Å².